The Hall–Kier alpha value is -0.840. The van der Waals surface area contributed by atoms with Crippen molar-refractivity contribution in [3.05, 3.63) is 29.6 Å². The molecule has 0 amide bonds. The molecule has 20 heavy (non-hydrogen) atoms. The summed E-state index contributed by atoms with van der Waals surface area (Å²) in [6, 6.07) is 4.34. The van der Waals surface area contributed by atoms with Crippen molar-refractivity contribution in [3.63, 3.8) is 0 Å². The first kappa shape index (κ1) is 15.5. The van der Waals surface area contributed by atoms with Crippen molar-refractivity contribution < 1.29 is 9.50 Å². The van der Waals surface area contributed by atoms with E-state index in [9.17, 15) is 9.50 Å². The largest absolute Gasteiger partial charge is 0.508 e. The average Bonchev–Trinajstić information content (AvgIpc) is 2.71. The molecule has 0 atom stereocenters. The number of aromatic hydroxyl groups is 1. The van der Waals surface area contributed by atoms with E-state index < -0.39 is 0 Å². The maximum atomic E-state index is 13.3. The quantitative estimate of drug-likeness (QED) is 0.881. The lowest BCUT2D eigenvalue weighted by Gasteiger charge is -2.33. The van der Waals surface area contributed by atoms with Crippen molar-refractivity contribution in [2.45, 2.75) is 25.8 Å². The Balaban J connectivity index is 0.00000147. The number of nitrogens with zero attached hydrogens (tertiary/aromatic N) is 1. The lowest BCUT2D eigenvalue weighted by Crippen LogP contribution is -2.38. The zero-order valence-electron chi connectivity index (χ0n) is 11.6. The number of hydrogen-bond acceptors (Lipinski definition) is 3. The molecule has 0 saturated carbocycles. The van der Waals surface area contributed by atoms with Crippen LogP contribution < -0.4 is 5.32 Å². The van der Waals surface area contributed by atoms with E-state index in [2.05, 4.69) is 10.2 Å². The Bertz CT molecular complexity index is 443. The SMILES string of the molecule is Cl.Oc1cc(F)cc(CN2CCC3(CCNCC3)C2)c1. The summed E-state index contributed by atoms with van der Waals surface area (Å²) in [6.45, 7) is 5.16. The van der Waals surface area contributed by atoms with E-state index in [0.29, 0.717) is 5.41 Å². The minimum atomic E-state index is -0.356. The van der Waals surface area contributed by atoms with E-state index >= 15 is 0 Å². The number of nitrogens with one attached hydrogen (secondary N) is 1. The van der Waals surface area contributed by atoms with Crippen LogP contribution in [0, 0.1) is 11.2 Å². The molecule has 0 radical (unpaired) electrons. The first-order chi connectivity index (χ1) is 9.15. The highest BCUT2D eigenvalue weighted by Crippen LogP contribution is 2.39. The number of rotatable bonds is 2. The smallest absolute Gasteiger partial charge is 0.127 e. The molecule has 3 nitrogen and oxygen atoms in total. The number of hydrogen-bond donors (Lipinski definition) is 2. The molecule has 1 aromatic rings. The van der Waals surface area contributed by atoms with Crippen LogP contribution in [0.4, 0.5) is 4.39 Å². The molecule has 2 aliphatic rings. The molecule has 1 spiro atoms. The predicted molar refractivity (Wildman–Crippen MR) is 79.7 cm³/mol. The molecule has 2 aliphatic heterocycles. The summed E-state index contributed by atoms with van der Waals surface area (Å²) >= 11 is 0. The van der Waals surface area contributed by atoms with E-state index in [4.69, 9.17) is 0 Å². The van der Waals surface area contributed by atoms with Gasteiger partial charge in [0.15, 0.2) is 0 Å². The number of phenols is 1. The van der Waals surface area contributed by atoms with E-state index in [0.717, 1.165) is 44.4 Å². The molecular formula is C15H22ClFN2O. The number of piperidine rings is 1. The second-order valence-electron chi connectivity index (χ2n) is 6.03. The first-order valence-corrected chi connectivity index (χ1v) is 7.07. The van der Waals surface area contributed by atoms with Gasteiger partial charge in [0.1, 0.15) is 11.6 Å². The monoisotopic (exact) mass is 300 g/mol. The van der Waals surface area contributed by atoms with Crippen LogP contribution >= 0.6 is 12.4 Å². The van der Waals surface area contributed by atoms with Gasteiger partial charge in [-0.1, -0.05) is 0 Å². The van der Waals surface area contributed by atoms with E-state index in [1.165, 1.54) is 25.3 Å². The molecule has 0 aliphatic carbocycles. The minimum absolute atomic E-state index is 0. The van der Waals surface area contributed by atoms with E-state index in [1.54, 1.807) is 6.07 Å². The average molecular weight is 301 g/mol. The molecular weight excluding hydrogens is 279 g/mol. The molecule has 2 heterocycles. The standard InChI is InChI=1S/C15H21FN2O.ClH/c16-13-7-12(8-14(19)9-13)10-18-6-3-15(11-18)1-4-17-5-2-15;/h7-9,17,19H,1-6,10-11H2;1H. The lowest BCUT2D eigenvalue weighted by molar-refractivity contribution is 0.194. The summed E-state index contributed by atoms with van der Waals surface area (Å²) < 4.78 is 13.3. The van der Waals surface area contributed by atoms with Crippen LogP contribution in [0.1, 0.15) is 24.8 Å². The molecule has 3 rings (SSSR count). The van der Waals surface area contributed by atoms with Crippen molar-refractivity contribution in [2.75, 3.05) is 26.2 Å². The highest BCUT2D eigenvalue weighted by molar-refractivity contribution is 5.85. The third-order valence-corrected chi connectivity index (χ3v) is 4.53. The Labute approximate surface area is 125 Å². The predicted octanol–water partition coefficient (Wildman–Crippen LogP) is 2.53. The maximum absolute atomic E-state index is 13.3. The summed E-state index contributed by atoms with van der Waals surface area (Å²) in [6.07, 6.45) is 3.74. The molecule has 2 N–H and O–H groups in total. The Kier molecular flexibility index (Phi) is 4.89. The van der Waals surface area contributed by atoms with Gasteiger partial charge in [0.2, 0.25) is 0 Å². The topological polar surface area (TPSA) is 35.5 Å². The van der Waals surface area contributed by atoms with Crippen LogP contribution in [0.3, 0.4) is 0 Å². The maximum Gasteiger partial charge on any atom is 0.127 e. The summed E-state index contributed by atoms with van der Waals surface area (Å²) in [5, 5.41) is 12.9. The molecule has 0 aromatic heterocycles. The lowest BCUT2D eigenvalue weighted by atomic mass is 9.78. The van der Waals surface area contributed by atoms with Crippen LogP contribution in [0.15, 0.2) is 18.2 Å². The fourth-order valence-electron chi connectivity index (χ4n) is 3.51. The number of halogens is 2. The van der Waals surface area contributed by atoms with Crippen molar-refractivity contribution in [1.82, 2.24) is 10.2 Å². The molecule has 1 aromatic carbocycles. The number of likely N-dealkylation sites (tertiary alicyclic amines) is 1. The van der Waals surface area contributed by atoms with Crippen LogP contribution in [0.5, 0.6) is 5.75 Å². The fourth-order valence-corrected chi connectivity index (χ4v) is 3.51. The van der Waals surface area contributed by atoms with Gasteiger partial charge in [0.05, 0.1) is 0 Å². The number of benzene rings is 1. The zero-order valence-corrected chi connectivity index (χ0v) is 12.4. The van der Waals surface area contributed by atoms with Crippen LogP contribution in [0.2, 0.25) is 0 Å². The molecule has 112 valence electrons. The van der Waals surface area contributed by atoms with Gasteiger partial charge in [-0.25, -0.2) is 4.39 Å². The van der Waals surface area contributed by atoms with Gasteiger partial charge in [-0.05, 0) is 62.0 Å². The summed E-state index contributed by atoms with van der Waals surface area (Å²) in [5.41, 5.74) is 1.34. The van der Waals surface area contributed by atoms with Gasteiger partial charge in [0.25, 0.3) is 0 Å². The van der Waals surface area contributed by atoms with E-state index in [1.807, 2.05) is 0 Å². The van der Waals surface area contributed by atoms with Crippen molar-refractivity contribution in [2.24, 2.45) is 5.41 Å². The van der Waals surface area contributed by atoms with Crippen LogP contribution in [0.25, 0.3) is 0 Å². The molecule has 2 saturated heterocycles. The summed E-state index contributed by atoms with van der Waals surface area (Å²) in [4.78, 5) is 2.39. The zero-order chi connectivity index (χ0) is 13.3. The van der Waals surface area contributed by atoms with Crippen LogP contribution in [-0.4, -0.2) is 36.2 Å². The fraction of sp³-hybridized carbons (Fsp3) is 0.600. The van der Waals surface area contributed by atoms with Gasteiger partial charge in [-0.15, -0.1) is 12.4 Å². The third kappa shape index (κ3) is 3.43. The highest BCUT2D eigenvalue weighted by atomic mass is 35.5. The Morgan fingerprint density at radius 2 is 1.95 bits per heavy atom. The number of phenolic OH excluding ortho intramolecular Hbond substituents is 1. The second kappa shape index (κ2) is 6.29. The molecule has 2 fully saturated rings. The van der Waals surface area contributed by atoms with Gasteiger partial charge in [-0.3, -0.25) is 4.90 Å². The van der Waals surface area contributed by atoms with Gasteiger partial charge in [0, 0.05) is 19.2 Å². The second-order valence-corrected chi connectivity index (χ2v) is 6.03. The van der Waals surface area contributed by atoms with E-state index in [-0.39, 0.29) is 24.0 Å². The van der Waals surface area contributed by atoms with Crippen molar-refractivity contribution in [1.29, 1.82) is 0 Å². The first-order valence-electron chi connectivity index (χ1n) is 7.07. The van der Waals surface area contributed by atoms with Gasteiger partial charge in [-0.2, -0.15) is 0 Å². The van der Waals surface area contributed by atoms with Crippen molar-refractivity contribution in [3.8, 4) is 5.75 Å². The summed E-state index contributed by atoms with van der Waals surface area (Å²) in [7, 11) is 0. The molecule has 0 bridgehead atoms. The van der Waals surface area contributed by atoms with Gasteiger partial charge >= 0.3 is 0 Å². The molecule has 0 unspecified atom stereocenters. The normalized spacial score (nSPS) is 21.9. The third-order valence-electron chi connectivity index (χ3n) is 4.53. The highest BCUT2D eigenvalue weighted by Gasteiger charge is 2.38. The van der Waals surface area contributed by atoms with Crippen molar-refractivity contribution >= 4 is 12.4 Å². The van der Waals surface area contributed by atoms with Gasteiger partial charge < -0.3 is 10.4 Å². The molecule has 5 heteroatoms. The summed E-state index contributed by atoms with van der Waals surface area (Å²) in [5.74, 6) is -0.337. The van der Waals surface area contributed by atoms with Crippen LogP contribution in [-0.2, 0) is 6.54 Å². The minimum Gasteiger partial charge on any atom is -0.508 e. The Morgan fingerprint density at radius 3 is 2.65 bits per heavy atom. The Morgan fingerprint density at radius 1 is 1.20 bits per heavy atom.